The summed E-state index contributed by atoms with van der Waals surface area (Å²) in [5, 5.41) is 2.90. The van der Waals surface area contributed by atoms with Crippen LogP contribution in [0.2, 0.25) is 0 Å². The predicted octanol–water partition coefficient (Wildman–Crippen LogP) is 2.88. The van der Waals surface area contributed by atoms with Gasteiger partial charge in [0, 0.05) is 45.4 Å². The first-order valence-electron chi connectivity index (χ1n) is 4.59. The summed E-state index contributed by atoms with van der Waals surface area (Å²) >= 11 is 0. The Morgan fingerprint density at radius 1 is 1.27 bits per heavy atom. The summed E-state index contributed by atoms with van der Waals surface area (Å²) < 4.78 is 17.2. The van der Waals surface area contributed by atoms with Crippen molar-refractivity contribution in [2.24, 2.45) is 0 Å². The molecule has 0 aromatic heterocycles. The largest absolute Gasteiger partial charge is 0.433 e. The van der Waals surface area contributed by atoms with Crippen LogP contribution >= 0.6 is 7.52 Å². The average Bonchev–Trinajstić information content (AvgIpc) is 2.02. The maximum Gasteiger partial charge on any atom is 0.313 e. The molecule has 3 nitrogen and oxygen atoms in total. The van der Waals surface area contributed by atoms with Crippen LogP contribution in [0.4, 0.5) is 0 Å². The summed E-state index contributed by atoms with van der Waals surface area (Å²) in [6, 6.07) is 9.32. The van der Waals surface area contributed by atoms with Gasteiger partial charge in [0.1, 0.15) is 5.75 Å². The number of rotatable bonds is 4. The van der Waals surface area contributed by atoms with Gasteiger partial charge >= 0.3 is 7.52 Å². The topological polar surface area (TPSA) is 38.3 Å². The summed E-state index contributed by atoms with van der Waals surface area (Å²) in [6.07, 6.45) is 0. The van der Waals surface area contributed by atoms with Crippen LogP contribution in [0, 0.1) is 0 Å². The van der Waals surface area contributed by atoms with Crippen LogP contribution in [0.25, 0.3) is 0 Å². The molecule has 1 unspecified atom stereocenters. The standard InChI is InChI=1S/C10H16NO2P.Y/c1-9(2)11-14(3,12)13-10-7-5-4-6-8-10;/h4-9H,1-3H3,(H,11,12);. The van der Waals surface area contributed by atoms with Crippen LogP contribution in [-0.2, 0) is 37.3 Å². The number of hydrogen-bond acceptors (Lipinski definition) is 2. The second-order valence-corrected chi connectivity index (χ2v) is 5.67. The molecule has 0 aliphatic rings. The van der Waals surface area contributed by atoms with Gasteiger partial charge in [-0.25, -0.2) is 5.09 Å². The summed E-state index contributed by atoms with van der Waals surface area (Å²) in [7, 11) is -2.72. The molecule has 1 N–H and O–H groups in total. The van der Waals surface area contributed by atoms with Gasteiger partial charge in [0.25, 0.3) is 0 Å². The van der Waals surface area contributed by atoms with E-state index in [2.05, 4.69) is 5.09 Å². The van der Waals surface area contributed by atoms with E-state index in [0.29, 0.717) is 5.75 Å². The third-order valence-corrected chi connectivity index (χ3v) is 3.06. The quantitative estimate of drug-likeness (QED) is 0.869. The van der Waals surface area contributed by atoms with Crippen LogP contribution in [0.5, 0.6) is 5.75 Å². The summed E-state index contributed by atoms with van der Waals surface area (Å²) in [4.78, 5) is 0. The average molecular weight is 302 g/mol. The van der Waals surface area contributed by atoms with Crippen LogP contribution in [0.15, 0.2) is 30.3 Å². The fraction of sp³-hybridized carbons (Fsp3) is 0.400. The molecule has 0 aliphatic heterocycles. The molecule has 0 amide bonds. The van der Waals surface area contributed by atoms with Crippen LogP contribution in [0.1, 0.15) is 13.8 Å². The first kappa shape index (κ1) is 15.3. The second kappa shape index (κ2) is 6.80. The molecule has 0 heterocycles. The van der Waals surface area contributed by atoms with Crippen molar-refractivity contribution in [3.05, 3.63) is 30.3 Å². The number of nitrogens with one attached hydrogen (secondary N) is 1. The van der Waals surface area contributed by atoms with Crippen molar-refractivity contribution in [2.75, 3.05) is 6.66 Å². The van der Waals surface area contributed by atoms with E-state index in [1.165, 1.54) is 0 Å². The third-order valence-electron chi connectivity index (χ3n) is 1.52. The summed E-state index contributed by atoms with van der Waals surface area (Å²) in [5.41, 5.74) is 0. The van der Waals surface area contributed by atoms with E-state index in [9.17, 15) is 4.57 Å². The number of para-hydroxylation sites is 1. The van der Waals surface area contributed by atoms with Gasteiger partial charge in [-0.1, -0.05) is 18.2 Å². The van der Waals surface area contributed by atoms with E-state index < -0.39 is 7.52 Å². The monoisotopic (exact) mass is 302 g/mol. The Balaban J connectivity index is 0.00000196. The van der Waals surface area contributed by atoms with Crippen LogP contribution < -0.4 is 9.61 Å². The van der Waals surface area contributed by atoms with E-state index in [0.717, 1.165) is 0 Å². The molecule has 0 aliphatic carbocycles. The molecule has 1 aromatic rings. The molecule has 0 spiro atoms. The van der Waals surface area contributed by atoms with Gasteiger partial charge in [0.2, 0.25) is 0 Å². The zero-order chi connectivity index (χ0) is 10.6. The molecule has 1 atom stereocenters. The van der Waals surface area contributed by atoms with Crippen molar-refractivity contribution in [1.82, 2.24) is 5.09 Å². The van der Waals surface area contributed by atoms with Gasteiger partial charge in [-0.2, -0.15) is 0 Å². The van der Waals surface area contributed by atoms with Crippen molar-refractivity contribution >= 4 is 7.52 Å². The zero-order valence-corrected chi connectivity index (χ0v) is 13.0. The van der Waals surface area contributed by atoms with Crippen LogP contribution in [0.3, 0.4) is 0 Å². The van der Waals surface area contributed by atoms with Crippen molar-refractivity contribution in [2.45, 2.75) is 19.9 Å². The molecule has 0 saturated heterocycles. The van der Waals surface area contributed by atoms with Gasteiger partial charge in [-0.15, -0.1) is 0 Å². The minimum absolute atomic E-state index is 0. The first-order chi connectivity index (χ1) is 6.49. The molecular formula is C10H16NO2PY. The smallest absolute Gasteiger partial charge is 0.313 e. The molecule has 0 fully saturated rings. The fourth-order valence-corrected chi connectivity index (χ4v) is 2.69. The Morgan fingerprint density at radius 3 is 2.27 bits per heavy atom. The van der Waals surface area contributed by atoms with E-state index in [1.54, 1.807) is 18.8 Å². The Labute approximate surface area is 116 Å². The van der Waals surface area contributed by atoms with Gasteiger partial charge < -0.3 is 4.52 Å². The molecule has 15 heavy (non-hydrogen) atoms. The van der Waals surface area contributed by atoms with Gasteiger partial charge in [-0.05, 0) is 26.0 Å². The molecule has 0 bridgehead atoms. The molecule has 5 heteroatoms. The first-order valence-corrected chi connectivity index (χ1v) is 6.67. The second-order valence-electron chi connectivity index (χ2n) is 3.53. The van der Waals surface area contributed by atoms with Gasteiger partial charge in [-0.3, -0.25) is 4.57 Å². The molecule has 1 radical (unpaired) electrons. The summed E-state index contributed by atoms with van der Waals surface area (Å²) in [5.74, 6) is 0.631. The third kappa shape index (κ3) is 6.47. The Hall–Kier alpha value is 0.314. The Kier molecular flexibility index (Phi) is 6.94. The van der Waals surface area contributed by atoms with E-state index >= 15 is 0 Å². The molecule has 1 aromatic carbocycles. The number of hydrogen-bond donors (Lipinski definition) is 1. The van der Waals surface area contributed by atoms with Crippen LogP contribution in [-0.4, -0.2) is 12.7 Å². The van der Waals surface area contributed by atoms with Crippen molar-refractivity contribution < 1.29 is 41.8 Å². The number of benzene rings is 1. The minimum Gasteiger partial charge on any atom is -0.433 e. The molecular weight excluding hydrogens is 286 g/mol. The molecule has 1 rings (SSSR count). The Bertz CT molecular complexity index is 329. The maximum absolute atomic E-state index is 11.9. The maximum atomic E-state index is 11.9. The SMILES string of the molecule is CC(C)NP(C)(=O)Oc1ccccc1.[Y]. The minimum atomic E-state index is -2.72. The van der Waals surface area contributed by atoms with Gasteiger partial charge in [0.15, 0.2) is 0 Å². The van der Waals surface area contributed by atoms with E-state index in [1.807, 2.05) is 32.0 Å². The molecule has 0 saturated carbocycles. The predicted molar refractivity (Wildman–Crippen MR) is 58.9 cm³/mol. The van der Waals surface area contributed by atoms with Crippen molar-refractivity contribution in [1.29, 1.82) is 0 Å². The normalized spacial score (nSPS) is 14.1. The van der Waals surface area contributed by atoms with E-state index in [4.69, 9.17) is 4.52 Å². The molecule has 81 valence electrons. The fourth-order valence-electron chi connectivity index (χ4n) is 1.18. The Morgan fingerprint density at radius 2 is 1.80 bits per heavy atom. The van der Waals surface area contributed by atoms with Crippen molar-refractivity contribution in [3.63, 3.8) is 0 Å². The van der Waals surface area contributed by atoms with Crippen molar-refractivity contribution in [3.8, 4) is 5.75 Å². The summed E-state index contributed by atoms with van der Waals surface area (Å²) in [6.45, 7) is 5.45. The van der Waals surface area contributed by atoms with E-state index in [-0.39, 0.29) is 38.8 Å². The van der Waals surface area contributed by atoms with Gasteiger partial charge in [0.05, 0.1) is 0 Å². The zero-order valence-electron chi connectivity index (χ0n) is 9.31.